The summed E-state index contributed by atoms with van der Waals surface area (Å²) in [6.07, 6.45) is -13.2. The van der Waals surface area contributed by atoms with Gasteiger partial charge in [0.2, 0.25) is 34.6 Å². The maximum absolute atomic E-state index is 12.8. The fourth-order valence-corrected chi connectivity index (χ4v) is 20.2. The maximum atomic E-state index is 12.8. The minimum atomic E-state index is -4.67. The molecule has 0 spiro atoms. The molecule has 49 heteroatoms. The van der Waals surface area contributed by atoms with Gasteiger partial charge in [-0.3, -0.25) is 28.8 Å². The van der Waals surface area contributed by atoms with Crippen LogP contribution in [-0.4, -0.2) is 144 Å². The third-order valence-electron chi connectivity index (χ3n) is 21.0. The van der Waals surface area contributed by atoms with Crippen molar-refractivity contribution in [3.63, 3.8) is 0 Å². The minimum Gasteiger partial charge on any atom is -0.351 e. The van der Waals surface area contributed by atoms with Gasteiger partial charge in [-0.15, -0.1) is 68.0 Å². The van der Waals surface area contributed by atoms with Crippen LogP contribution in [0.4, 0.5) is 84.7 Å². The second-order valence-corrected chi connectivity index (χ2v) is 37.7. The first-order valence-electron chi connectivity index (χ1n) is 41.0. The Balaban J connectivity index is 0.000000146. The van der Waals surface area contributed by atoms with E-state index in [2.05, 4.69) is 68.4 Å². The number of halogens is 19. The van der Waals surface area contributed by atoms with E-state index in [9.17, 15) is 108 Å². The number of hydrogen-bond donors (Lipinski definition) is 1. The molecule has 0 atom stereocenters. The number of carbonyl (C=O) groups is 6. The molecule has 0 bridgehead atoms. The van der Waals surface area contributed by atoms with Crippen molar-refractivity contribution in [1.82, 2.24) is 55.5 Å². The van der Waals surface area contributed by atoms with Gasteiger partial charge in [-0.1, -0.05) is 73.9 Å². The van der Waals surface area contributed by atoms with Crippen molar-refractivity contribution < 1.29 is 135 Å². The van der Waals surface area contributed by atoms with Crippen LogP contribution in [-0.2, 0) is 37.1 Å². The molecule has 17 rings (SSSR count). The zero-order chi connectivity index (χ0) is 98.0. The van der Waals surface area contributed by atoms with Crippen LogP contribution < -0.4 is 5.32 Å². The van der Waals surface area contributed by atoms with Crippen molar-refractivity contribution in [3.05, 3.63) is 194 Å². The fourth-order valence-electron chi connectivity index (χ4n) is 14.1. The number of hydrogen-bond acceptors (Lipinski definition) is 25. The Hall–Kier alpha value is -11.3. The zero-order valence-electron chi connectivity index (χ0n) is 71.5. The number of carbonyl (C=O) groups excluding carboxylic acids is 6. The molecule has 15 heterocycles. The molecule has 5 amide bonds. The third-order valence-corrected chi connectivity index (χ3v) is 27.8. The largest absolute Gasteiger partial charge is 0.471 e. The van der Waals surface area contributed by atoms with Gasteiger partial charge in [0, 0.05) is 87.6 Å². The number of alkyl halides is 18. The SMILES string of the molecule is Cc1c(-c2ccc(C(=O)C3CCCCC3)s2)noc1C(F)(F)F.Cc1c(-c2ccc(C(=O)N(C)C)s2)noc1C(F)(F)F.Cc1c(-c2ccc(C(=O)N3CCCCC3)s2)noc1C(F)(F)F.Cc1c(-c2ccc(C(=O)Nc3ccccc3Cl)s2)noc1C(F)(F)F.O=C(c1ccc(-c2cc(C(F)(F)F)on2)s1)N1CCCCC1.O=C(c1ccc(-c2noc(C(F)(F)F)n2)s1)N1CCCCC1. The number of amides is 5. The molecule has 1 N–H and O–H groups in total. The van der Waals surface area contributed by atoms with Gasteiger partial charge in [-0.25, -0.2) is 0 Å². The normalized spacial score (nSPS) is 14.7. The summed E-state index contributed by atoms with van der Waals surface area (Å²) in [5.41, 5.74) is 0.707. The summed E-state index contributed by atoms with van der Waals surface area (Å²) >= 11 is 12.6. The van der Waals surface area contributed by atoms with E-state index in [1.165, 1.54) is 62.1 Å². The standard InChI is InChI=1S/C16H10ClF3N2O2S.C16H16F3NO2S.C15H15F3N2O2S.C14H13F3N2O2S.C13H12F3N3O2S.C12H11F3N2O2S/c1-8-13(22-24-14(8)16(18,19)20)11-6-7-12(25-11)15(23)21-10-5-3-2-4-9(10)17;1-9-13(20-22-15(9)16(17,18)19)11-7-8-12(23-11)14(21)10-5-3-2-4-6-10;1-9-12(19-22-13(9)15(16,17)18)10-5-6-11(23-10)14(21)20-7-3-2-4-8-20;15-14(16,17)12-8-9(18-21-12)10-4-5-11(22-10)13(20)19-6-2-1-3-7-19;14-13(15,16)12-17-10(18-21-12)8-4-5-9(22-8)11(20)19-6-2-1-3-7-19;1-6-9(16-19-10(6)12(13,14)15)7-4-5-8(20-7)11(18)17(2)3/h2-7H,1H3,(H,21,23);7-8,10H,2-6H2,1H3;5-6H,2-4,7-8H2,1H3;4-5,8H,1-3,6-7H2;4-5H,1-3,6-7H2;4-5H,1-3H3. The van der Waals surface area contributed by atoms with Gasteiger partial charge in [0.1, 0.15) is 28.5 Å². The van der Waals surface area contributed by atoms with Gasteiger partial charge in [0.15, 0.2) is 5.78 Å². The Morgan fingerprint density at radius 2 is 0.719 bits per heavy atom. The number of benzene rings is 1. The minimum absolute atomic E-state index is 0.0411. The summed E-state index contributed by atoms with van der Waals surface area (Å²) in [5, 5.41) is 23.8. The molecule has 1 aromatic carbocycles. The monoisotopic (exact) mass is 2040 g/mol. The number of ketones is 1. The Bertz CT molecular complexity index is 6030. The van der Waals surface area contributed by atoms with Crippen molar-refractivity contribution >= 4 is 121 Å². The number of nitrogens with one attached hydrogen (secondary N) is 1. The summed E-state index contributed by atoms with van der Waals surface area (Å²) in [6.45, 7) is 9.57. The number of thiophene rings is 6. The van der Waals surface area contributed by atoms with Crippen LogP contribution in [0.15, 0.2) is 130 Å². The molecule has 722 valence electrons. The van der Waals surface area contributed by atoms with E-state index in [4.69, 9.17) is 11.6 Å². The molecule has 0 radical (unpaired) electrons. The predicted octanol–water partition coefficient (Wildman–Crippen LogP) is 26.4. The summed E-state index contributed by atoms with van der Waals surface area (Å²) in [4.78, 5) is 89.2. The van der Waals surface area contributed by atoms with E-state index in [1.807, 2.05) is 0 Å². The van der Waals surface area contributed by atoms with Gasteiger partial charge < -0.3 is 52.1 Å². The molecule has 4 aliphatic rings. The lowest BCUT2D eigenvalue weighted by Gasteiger charge is -2.26. The molecule has 4 fully saturated rings. The van der Waals surface area contributed by atoms with E-state index in [0.717, 1.165) is 179 Å². The van der Waals surface area contributed by atoms with Gasteiger partial charge in [0.25, 0.3) is 29.5 Å². The number of aromatic nitrogens is 7. The first-order chi connectivity index (χ1) is 63.6. The lowest BCUT2D eigenvalue weighted by atomic mass is 9.86. The average Bonchev–Trinajstić information content (AvgIpc) is 1.60. The lowest BCUT2D eigenvalue weighted by molar-refractivity contribution is -0.159. The molecule has 1 saturated carbocycles. The first-order valence-corrected chi connectivity index (χ1v) is 46.3. The highest BCUT2D eigenvalue weighted by molar-refractivity contribution is 7.19. The van der Waals surface area contributed by atoms with Crippen LogP contribution in [0.2, 0.25) is 5.02 Å². The molecular weight excluding hydrogens is 1960 g/mol. The predicted molar refractivity (Wildman–Crippen MR) is 463 cm³/mol. The Labute approximate surface area is 783 Å². The molecule has 12 aromatic heterocycles. The van der Waals surface area contributed by atoms with Crippen LogP contribution >= 0.6 is 79.6 Å². The number of nitrogens with zero attached hydrogens (tertiary/aromatic N) is 11. The van der Waals surface area contributed by atoms with E-state index in [-0.39, 0.29) is 91.9 Å². The highest BCUT2D eigenvalue weighted by Crippen LogP contribution is 2.46. The van der Waals surface area contributed by atoms with Crippen LogP contribution in [0.25, 0.3) is 63.6 Å². The smallest absolute Gasteiger partial charge is 0.351 e. The average molecular weight is 2040 g/mol. The summed E-state index contributed by atoms with van der Waals surface area (Å²) < 4.78 is 254. The molecule has 13 aromatic rings. The first kappa shape index (κ1) is 103. The van der Waals surface area contributed by atoms with Crippen LogP contribution in [0.3, 0.4) is 0 Å². The second kappa shape index (κ2) is 43.3. The molecule has 135 heavy (non-hydrogen) atoms. The van der Waals surface area contributed by atoms with E-state index in [1.54, 1.807) is 108 Å². The molecular formula is C86H77ClF18N12O12S6. The van der Waals surface area contributed by atoms with Gasteiger partial charge in [0.05, 0.1) is 69.2 Å². The van der Waals surface area contributed by atoms with E-state index in [0.29, 0.717) is 82.3 Å². The molecule has 0 unspecified atom stereocenters. The Morgan fingerprint density at radius 3 is 1.09 bits per heavy atom. The van der Waals surface area contributed by atoms with Crippen molar-refractivity contribution in [3.8, 4) is 63.6 Å². The molecule has 1 aliphatic carbocycles. The summed E-state index contributed by atoms with van der Waals surface area (Å²) in [7, 11) is 3.20. The van der Waals surface area contributed by atoms with Gasteiger partial charge in [-0.2, -0.15) is 84.0 Å². The number of rotatable bonds is 14. The van der Waals surface area contributed by atoms with Crippen LogP contribution in [0.5, 0.6) is 0 Å². The van der Waals surface area contributed by atoms with Crippen molar-refractivity contribution in [2.45, 2.75) is 155 Å². The molecule has 3 aliphatic heterocycles. The Kier molecular flexibility index (Phi) is 32.9. The highest BCUT2D eigenvalue weighted by atomic mass is 35.5. The highest BCUT2D eigenvalue weighted by Gasteiger charge is 2.45. The lowest BCUT2D eigenvalue weighted by Crippen LogP contribution is -2.35. The number of para-hydroxylation sites is 1. The van der Waals surface area contributed by atoms with Crippen LogP contribution in [0, 0.1) is 33.6 Å². The third kappa shape index (κ3) is 25.7. The maximum Gasteiger partial charge on any atom is 0.471 e. The summed E-state index contributed by atoms with van der Waals surface area (Å²) in [6, 6.07) is 26.6. The van der Waals surface area contributed by atoms with Crippen molar-refractivity contribution in [2.75, 3.05) is 58.7 Å². The number of piperidine rings is 3. The van der Waals surface area contributed by atoms with Gasteiger partial charge >= 0.3 is 42.9 Å². The number of Topliss-reactive ketones (excluding diaryl/α,β-unsaturated/α-hetero) is 1. The van der Waals surface area contributed by atoms with Crippen LogP contribution in [0.1, 0.15) is 205 Å². The number of likely N-dealkylation sites (tertiary alicyclic amines) is 3. The Morgan fingerprint density at radius 1 is 0.378 bits per heavy atom. The second-order valence-electron chi connectivity index (χ2n) is 30.8. The van der Waals surface area contributed by atoms with E-state index >= 15 is 0 Å². The summed E-state index contributed by atoms with van der Waals surface area (Å²) in [5.74, 6) is -7.85. The van der Waals surface area contributed by atoms with Crippen molar-refractivity contribution in [2.24, 2.45) is 5.92 Å². The quantitative estimate of drug-likeness (QED) is 0.0781. The molecule has 24 nitrogen and oxygen atoms in total. The molecule has 3 saturated heterocycles. The van der Waals surface area contributed by atoms with Crippen molar-refractivity contribution in [1.29, 1.82) is 0 Å². The van der Waals surface area contributed by atoms with E-state index < -0.39 is 77.7 Å². The number of anilines is 1. The van der Waals surface area contributed by atoms with Gasteiger partial charge in [-0.05, 0) is 183 Å². The zero-order valence-corrected chi connectivity index (χ0v) is 77.1. The topological polar surface area (TPSA) is 296 Å². The fraction of sp³-hybridized carbons (Fsp3) is 0.384.